The third-order valence-electron chi connectivity index (χ3n) is 10.3. The van der Waals surface area contributed by atoms with E-state index in [9.17, 15) is 20.4 Å². The van der Waals surface area contributed by atoms with E-state index < -0.39 is 53.9 Å². The summed E-state index contributed by atoms with van der Waals surface area (Å²) in [6, 6.07) is 26.0. The number of H-pyrrole nitrogens is 2. The fraction of sp³-hybridized carbons (Fsp3) is 0.0638. The van der Waals surface area contributed by atoms with Gasteiger partial charge in [0.1, 0.15) is 30.0 Å². The number of ether oxygens (including phenoxy) is 1. The summed E-state index contributed by atoms with van der Waals surface area (Å²) in [5.41, 5.74) is 3.94. The Morgan fingerprint density at radius 3 is 1.17 bits per heavy atom. The van der Waals surface area contributed by atoms with Crippen LogP contribution in [-0.4, -0.2) is 64.8 Å². The Labute approximate surface area is 451 Å². The standard InChI is InChI=1S/C47H32F4N4O6.3Ar/c48-43-42(44(49)46(51)47(45(43)50)61-22-29(60)21-56)41-36-16-14-34(54-36)39(24-5-2-8-27(58)19-24)32-12-10-30(52-32)38(23-4-1-7-26(57)18-23)31-11-13-33(53-31)40(35-15-17-37(41)55-35)25-6-3-9-28(59)20-25;;;/h1-20,29,52,55-60H,21-22H2;;;. The number of halogens is 4. The molecule has 4 aromatic carbocycles. The summed E-state index contributed by atoms with van der Waals surface area (Å²) < 4.78 is 69.5. The van der Waals surface area contributed by atoms with Crippen LogP contribution in [0.1, 0.15) is 22.8 Å². The van der Waals surface area contributed by atoms with Crippen molar-refractivity contribution in [3.05, 3.63) is 143 Å². The third-order valence-corrected chi connectivity index (χ3v) is 10.3. The summed E-state index contributed by atoms with van der Waals surface area (Å²) in [6.07, 6.45) is 4.92. The molecule has 10 nitrogen and oxygen atoms in total. The average Bonchev–Trinajstić information content (AvgIpc) is 4.09. The maximum atomic E-state index is 16.4. The number of nitrogens with zero attached hydrogens (tertiary/aromatic N) is 2. The molecular formula is C47H32Ar3F4N4O6. The molecule has 1 unspecified atom stereocenters. The van der Waals surface area contributed by atoms with E-state index in [4.69, 9.17) is 19.8 Å². The number of aromatic amines is 2. The summed E-state index contributed by atoms with van der Waals surface area (Å²) in [5.74, 6) is -8.95. The van der Waals surface area contributed by atoms with Crippen LogP contribution in [0.15, 0.2) is 97.1 Å². The number of aromatic nitrogens is 4. The smallest absolute Gasteiger partial charge is 0.204 e. The summed E-state index contributed by atoms with van der Waals surface area (Å²) in [4.78, 5) is 16.5. The summed E-state index contributed by atoms with van der Waals surface area (Å²) >= 11 is 0. The first kappa shape index (κ1) is 49.5. The van der Waals surface area contributed by atoms with Gasteiger partial charge in [-0.2, -0.15) is 8.78 Å². The minimum absolute atomic E-state index is 0. The predicted octanol–water partition coefficient (Wildman–Crippen LogP) is 9.73. The number of benzene rings is 4. The number of phenolic OH excluding ortho intramolecular Hbond substituents is 3. The number of aromatic hydroxyl groups is 3. The van der Waals surface area contributed by atoms with Crippen LogP contribution >= 0.6 is 0 Å². The summed E-state index contributed by atoms with van der Waals surface area (Å²) in [5, 5.41) is 50.7. The van der Waals surface area contributed by atoms with Gasteiger partial charge in [0.2, 0.25) is 11.6 Å². The molecule has 7 N–H and O–H groups in total. The average molecular weight is 945 g/mol. The van der Waals surface area contributed by atoms with Gasteiger partial charge in [-0.15, -0.1) is 0 Å². The molecule has 1 atom stereocenters. The zero-order valence-corrected chi connectivity index (χ0v) is 34.8. The number of nitrogens with one attached hydrogen (secondary N) is 2. The second-order valence-corrected chi connectivity index (χ2v) is 14.3. The Kier molecular flexibility index (Phi) is 16.0. The van der Waals surface area contributed by atoms with Crippen molar-refractivity contribution >= 4 is 46.4 Å². The van der Waals surface area contributed by atoms with Gasteiger partial charge < -0.3 is 40.2 Å². The Bertz CT molecular complexity index is 3100. The molecule has 328 valence electrons. The molecule has 0 fully saturated rings. The molecular weight excluding hydrogens is 912 g/mol. The third kappa shape index (κ3) is 9.51. The second-order valence-electron chi connectivity index (χ2n) is 14.3. The van der Waals surface area contributed by atoms with Crippen molar-refractivity contribution in [1.29, 1.82) is 0 Å². The van der Waals surface area contributed by atoms with Gasteiger partial charge >= 0.3 is 0 Å². The Morgan fingerprint density at radius 2 is 0.828 bits per heavy atom. The molecule has 9 rings (SSSR count). The van der Waals surface area contributed by atoms with Crippen molar-refractivity contribution in [3.8, 4) is 67.5 Å². The molecule has 0 saturated carbocycles. The quantitative estimate of drug-likeness (QED) is 0.0584. The zero-order valence-electron chi connectivity index (χ0n) is 32.6. The Balaban J connectivity index is 0.00000227. The van der Waals surface area contributed by atoms with Crippen molar-refractivity contribution in [2.45, 2.75) is 6.10 Å². The molecule has 0 spiro atoms. The molecule has 0 aliphatic carbocycles. The van der Waals surface area contributed by atoms with Crippen LogP contribution < -0.4 is 4.74 Å². The largest absolute Gasteiger partial charge is 0.508 e. The van der Waals surface area contributed by atoms with E-state index in [2.05, 4.69) is 9.97 Å². The van der Waals surface area contributed by atoms with E-state index >= 15 is 17.6 Å². The van der Waals surface area contributed by atoms with Gasteiger partial charge in [-0.1, -0.05) is 36.4 Å². The maximum absolute atomic E-state index is 16.4. The monoisotopic (exact) mass is 944 g/mol. The van der Waals surface area contributed by atoms with E-state index in [0.717, 1.165) is 0 Å². The van der Waals surface area contributed by atoms with Crippen LogP contribution in [-0.2, 0) is 0 Å². The van der Waals surface area contributed by atoms with E-state index in [-0.39, 0.29) is 153 Å². The van der Waals surface area contributed by atoms with Crippen molar-refractivity contribution in [2.75, 3.05) is 13.2 Å². The van der Waals surface area contributed by atoms with Gasteiger partial charge in [-0.05, 0) is 102 Å². The van der Waals surface area contributed by atoms with Crippen LogP contribution in [0.5, 0.6) is 23.0 Å². The summed E-state index contributed by atoms with van der Waals surface area (Å²) in [6.45, 7) is -1.70. The zero-order chi connectivity index (χ0) is 42.5. The number of hydrogen-bond acceptors (Lipinski definition) is 8. The fourth-order valence-corrected chi connectivity index (χ4v) is 7.55. The van der Waals surface area contributed by atoms with Crippen molar-refractivity contribution in [1.82, 2.24) is 19.9 Å². The molecule has 3 aromatic heterocycles. The van der Waals surface area contributed by atoms with E-state index in [1.807, 2.05) is 12.1 Å². The SMILES string of the molecule is OCC(O)COc1c(F)c(F)c(-c2c3nc(c(-c4cccc(O)c4)c4ccc([nH]4)c(-c4cccc(O)c4)c4nc(c(-c5cccc(O)c5)c5ccc2[nH]5)C=C4)C=C3)c(F)c1F.[Ar].[Ar].[Ar]. The van der Waals surface area contributed by atoms with Crippen LogP contribution in [0, 0.1) is 136 Å². The molecule has 0 amide bonds. The molecule has 64 heavy (non-hydrogen) atoms. The predicted molar refractivity (Wildman–Crippen MR) is 224 cm³/mol. The van der Waals surface area contributed by atoms with Crippen LogP contribution in [0.2, 0.25) is 0 Å². The molecule has 8 bridgehead atoms. The molecule has 2 aliphatic rings. The number of phenols is 3. The normalized spacial score (nSPS) is 12.0. The number of rotatable bonds is 8. The van der Waals surface area contributed by atoms with Crippen LogP contribution in [0.4, 0.5) is 17.6 Å². The van der Waals surface area contributed by atoms with Crippen molar-refractivity contribution in [2.24, 2.45) is 0 Å². The topological polar surface area (TPSA) is 168 Å². The minimum Gasteiger partial charge on any atom is -0.508 e. The second kappa shape index (κ2) is 20.7. The molecule has 0 saturated heterocycles. The van der Waals surface area contributed by atoms with Crippen LogP contribution in [0.3, 0.4) is 0 Å². The number of aliphatic hydroxyl groups is 2. The van der Waals surface area contributed by atoms with Gasteiger partial charge in [-0.3, -0.25) is 0 Å². The maximum Gasteiger partial charge on any atom is 0.204 e. The molecule has 2 aliphatic heterocycles. The first-order valence-electron chi connectivity index (χ1n) is 18.8. The van der Waals surface area contributed by atoms with Gasteiger partial charge in [0.25, 0.3) is 0 Å². The van der Waals surface area contributed by atoms with Crippen molar-refractivity contribution < 1.29 is 161 Å². The number of fused-ring (bicyclic) bond motifs is 8. The van der Waals surface area contributed by atoms with E-state index in [1.54, 1.807) is 72.8 Å². The molecule has 7 aromatic rings. The van der Waals surface area contributed by atoms with Gasteiger partial charge in [0.05, 0.1) is 34.9 Å². The van der Waals surface area contributed by atoms with Gasteiger partial charge in [-0.25, -0.2) is 18.7 Å². The van der Waals surface area contributed by atoms with Gasteiger partial charge in [0.15, 0.2) is 17.4 Å². The molecule has 17 heteroatoms. The number of hydrogen-bond donors (Lipinski definition) is 7. The minimum atomic E-state index is -1.89. The van der Waals surface area contributed by atoms with E-state index in [1.165, 1.54) is 36.4 Å². The van der Waals surface area contributed by atoms with Gasteiger partial charge in [0, 0.05) is 158 Å². The molecule has 0 radical (unpaired) electrons. The first-order valence-corrected chi connectivity index (χ1v) is 18.8. The van der Waals surface area contributed by atoms with Crippen LogP contribution in [0.25, 0.3) is 90.9 Å². The summed E-state index contributed by atoms with van der Waals surface area (Å²) in [7, 11) is 0. The number of aliphatic hydroxyl groups excluding tert-OH is 2. The van der Waals surface area contributed by atoms with E-state index in [0.29, 0.717) is 61.3 Å². The molecule has 5 heterocycles. The fourth-order valence-electron chi connectivity index (χ4n) is 7.55. The Morgan fingerprint density at radius 1 is 0.484 bits per heavy atom. The first-order chi connectivity index (χ1) is 29.5. The Hall–Kier alpha value is -3.90. The van der Waals surface area contributed by atoms with Crippen molar-refractivity contribution in [3.63, 3.8) is 0 Å².